The lowest BCUT2D eigenvalue weighted by Gasteiger charge is -1.95. The molecule has 0 saturated heterocycles. The Morgan fingerprint density at radius 3 is 1.83 bits per heavy atom. The van der Waals surface area contributed by atoms with E-state index in [9.17, 15) is 0 Å². The van der Waals surface area contributed by atoms with Gasteiger partial charge in [-0.1, -0.05) is 9.97 Å². The van der Waals surface area contributed by atoms with E-state index < -0.39 is 0 Å². The molecule has 0 spiro atoms. The average Bonchev–Trinajstić information content (AvgIpc) is 3.72. The maximum Gasteiger partial charge on any atom is 0.291 e. The topological polar surface area (TPSA) is 151 Å². The first kappa shape index (κ1) is 21.8. The third-order valence-electron chi connectivity index (χ3n) is 7.29. The lowest BCUT2D eigenvalue weighted by molar-refractivity contribution is -0.650. The summed E-state index contributed by atoms with van der Waals surface area (Å²) >= 11 is 0. The van der Waals surface area contributed by atoms with Crippen molar-refractivity contribution >= 4 is 44.4 Å². The van der Waals surface area contributed by atoms with Crippen molar-refractivity contribution in [2.24, 2.45) is 7.05 Å². The average molecular weight is 534 g/mol. The molecule has 9 heterocycles. The summed E-state index contributed by atoms with van der Waals surface area (Å²) in [5.41, 5.74) is 6.62. The third kappa shape index (κ3) is 3.09. The fraction of sp³-hybridized carbons (Fsp3) is 0.0345. The summed E-state index contributed by atoms with van der Waals surface area (Å²) < 4.78 is 1.93. The Bertz CT molecular complexity index is 2240. The molecule has 7 aromatic rings. The van der Waals surface area contributed by atoms with Crippen molar-refractivity contribution in [1.29, 1.82) is 0 Å². The van der Waals surface area contributed by atoms with Gasteiger partial charge in [0, 0.05) is 35.7 Å². The summed E-state index contributed by atoms with van der Waals surface area (Å²) in [4.78, 5) is 50.0. The Morgan fingerprint density at radius 2 is 1.07 bits per heavy atom. The van der Waals surface area contributed by atoms with Crippen LogP contribution >= 0.6 is 0 Å². The molecule has 0 saturated carbocycles. The molecule has 0 unspecified atom stereocenters. The molecule has 0 aliphatic carbocycles. The normalized spacial score (nSPS) is 12.0. The summed E-state index contributed by atoms with van der Waals surface area (Å²) in [6.45, 7) is 0. The second-order valence-electron chi connectivity index (χ2n) is 9.66. The van der Waals surface area contributed by atoms with Gasteiger partial charge in [0.25, 0.3) is 11.6 Å². The fourth-order valence-electron chi connectivity index (χ4n) is 5.42. The maximum atomic E-state index is 5.06. The monoisotopic (exact) mass is 533 g/mol. The number of pyridine rings is 4. The zero-order valence-electron chi connectivity index (χ0n) is 21.4. The van der Waals surface area contributed by atoms with Crippen LogP contribution in [0.4, 0.5) is 0 Å². The van der Waals surface area contributed by atoms with Gasteiger partial charge in [-0.05, 0) is 48.5 Å². The van der Waals surface area contributed by atoms with Gasteiger partial charge in [0.2, 0.25) is 11.3 Å². The van der Waals surface area contributed by atoms with Gasteiger partial charge < -0.3 is 9.97 Å². The molecule has 41 heavy (non-hydrogen) atoms. The van der Waals surface area contributed by atoms with Crippen molar-refractivity contribution in [3.05, 3.63) is 73.3 Å². The summed E-state index contributed by atoms with van der Waals surface area (Å²) in [5, 5.41) is 1.63. The van der Waals surface area contributed by atoms with Gasteiger partial charge in [-0.25, -0.2) is 24.5 Å². The molecule has 2 aliphatic rings. The van der Waals surface area contributed by atoms with E-state index in [1.165, 1.54) is 0 Å². The highest BCUT2D eigenvalue weighted by atomic mass is 15.1. The van der Waals surface area contributed by atoms with Gasteiger partial charge in [-0.15, -0.1) is 0 Å². The lowest BCUT2D eigenvalue weighted by atomic mass is 10.2. The summed E-state index contributed by atoms with van der Waals surface area (Å²) in [6, 6.07) is 15.3. The highest BCUT2D eigenvalue weighted by Crippen LogP contribution is 2.34. The zero-order chi connectivity index (χ0) is 27.1. The molecule has 0 radical (unpaired) electrons. The predicted molar refractivity (Wildman–Crippen MR) is 151 cm³/mol. The Kier molecular flexibility index (Phi) is 4.26. The van der Waals surface area contributed by atoms with E-state index in [2.05, 4.69) is 29.9 Å². The first-order valence-corrected chi connectivity index (χ1v) is 12.9. The second kappa shape index (κ2) is 7.99. The molecule has 8 bridgehead atoms. The number of nitrogens with zero attached hydrogens (tertiary/aromatic N) is 10. The van der Waals surface area contributed by atoms with E-state index in [-0.39, 0.29) is 0 Å². The molecular weight excluding hydrogens is 516 g/mol. The van der Waals surface area contributed by atoms with Crippen LogP contribution in [0.1, 0.15) is 0 Å². The molecule has 2 aliphatic heterocycles. The van der Waals surface area contributed by atoms with Gasteiger partial charge in [0.1, 0.15) is 22.4 Å². The number of H-pyrrole nitrogens is 2. The van der Waals surface area contributed by atoms with Crippen LogP contribution in [-0.2, 0) is 7.05 Å². The second-order valence-corrected chi connectivity index (χ2v) is 9.66. The SMILES string of the molecule is C[n+]1c2nc3[nH]c(nc4nc(nc5[nH]c(nc1-c1ncccc1-2)c1cccnc51)-c1cccnc1-4)c1cccnc31. The summed E-state index contributed by atoms with van der Waals surface area (Å²) in [6.07, 6.45) is 6.95. The van der Waals surface area contributed by atoms with E-state index in [0.717, 1.165) is 27.6 Å². The Morgan fingerprint density at radius 1 is 0.512 bits per heavy atom. The number of hydrogen-bond acceptors (Lipinski definition) is 9. The first-order chi connectivity index (χ1) is 20.2. The van der Waals surface area contributed by atoms with Crippen LogP contribution in [0.15, 0.2) is 73.3 Å². The van der Waals surface area contributed by atoms with Crippen LogP contribution in [0.3, 0.4) is 0 Å². The molecule has 2 N–H and O–H groups in total. The van der Waals surface area contributed by atoms with E-state index in [1.807, 2.05) is 60.1 Å². The molecule has 0 aromatic carbocycles. The molecule has 192 valence electrons. The van der Waals surface area contributed by atoms with Gasteiger partial charge in [-0.2, -0.15) is 0 Å². The molecule has 12 heteroatoms. The van der Waals surface area contributed by atoms with Gasteiger partial charge in [-0.3, -0.25) is 15.0 Å². The van der Waals surface area contributed by atoms with Crippen LogP contribution in [0.5, 0.6) is 0 Å². The molecular formula is C29H17N12+. The van der Waals surface area contributed by atoms with E-state index in [0.29, 0.717) is 62.6 Å². The lowest BCUT2D eigenvalue weighted by Crippen LogP contribution is -2.30. The zero-order valence-corrected chi connectivity index (χ0v) is 21.4. The van der Waals surface area contributed by atoms with Crippen molar-refractivity contribution in [1.82, 2.24) is 54.8 Å². The number of aromatic nitrogens is 12. The van der Waals surface area contributed by atoms with E-state index in [4.69, 9.17) is 24.9 Å². The van der Waals surface area contributed by atoms with Crippen molar-refractivity contribution in [2.45, 2.75) is 0 Å². The van der Waals surface area contributed by atoms with E-state index >= 15 is 0 Å². The predicted octanol–water partition coefficient (Wildman–Crippen LogP) is 3.88. The highest BCUT2D eigenvalue weighted by Gasteiger charge is 2.30. The molecule has 0 amide bonds. The van der Waals surface area contributed by atoms with Gasteiger partial charge >= 0.3 is 0 Å². The Balaban J connectivity index is 1.53. The van der Waals surface area contributed by atoms with Crippen molar-refractivity contribution in [3.63, 3.8) is 0 Å². The molecule has 0 atom stereocenters. The van der Waals surface area contributed by atoms with Crippen molar-refractivity contribution in [2.75, 3.05) is 0 Å². The minimum Gasteiger partial charge on any atom is -0.309 e. The third-order valence-corrected chi connectivity index (χ3v) is 7.29. The van der Waals surface area contributed by atoms with Gasteiger partial charge in [0.15, 0.2) is 23.0 Å². The Labute approximate surface area is 230 Å². The molecule has 9 rings (SSSR count). The van der Waals surface area contributed by atoms with Crippen LogP contribution in [0.2, 0.25) is 0 Å². The minimum atomic E-state index is 0.439. The number of aromatic amines is 2. The largest absolute Gasteiger partial charge is 0.309 e. The van der Waals surface area contributed by atoms with Crippen LogP contribution in [0.25, 0.3) is 90.2 Å². The maximum absolute atomic E-state index is 5.06. The van der Waals surface area contributed by atoms with Crippen molar-refractivity contribution < 1.29 is 4.57 Å². The molecule has 0 fully saturated rings. The standard InChI is InChI=1S/C29H16N12/c1-41-28-17-9-5-13-33-21(17)29(41)39-24-16-8-4-11-31-19(16)26(38-24)35-22-14-6-2-10-30-18(14)25(34-22)36-23-15-7-3-12-32-20(15)27(37-23)40-28/h2-13H,1H3,(H,30,31,32,33,34,35,36,37,38,39,40)/p+1. The number of hydrogen-bond donors (Lipinski definition) is 2. The van der Waals surface area contributed by atoms with Crippen molar-refractivity contribution in [3.8, 4) is 45.8 Å². The van der Waals surface area contributed by atoms with Crippen LogP contribution < -0.4 is 4.57 Å². The highest BCUT2D eigenvalue weighted by molar-refractivity contribution is 6.03. The minimum absolute atomic E-state index is 0.439. The van der Waals surface area contributed by atoms with E-state index in [1.54, 1.807) is 24.8 Å². The van der Waals surface area contributed by atoms with Crippen LogP contribution in [0, 0.1) is 0 Å². The first-order valence-electron chi connectivity index (χ1n) is 12.9. The smallest absolute Gasteiger partial charge is 0.291 e. The number of nitrogens with one attached hydrogen (secondary N) is 2. The van der Waals surface area contributed by atoms with Crippen LogP contribution in [-0.4, -0.2) is 54.8 Å². The number of fused-ring (bicyclic) bond motifs is 20. The summed E-state index contributed by atoms with van der Waals surface area (Å²) in [5.74, 6) is 2.24. The molecule has 7 aromatic heterocycles. The quantitative estimate of drug-likeness (QED) is 0.277. The summed E-state index contributed by atoms with van der Waals surface area (Å²) in [7, 11) is 1.92. The fourth-order valence-corrected chi connectivity index (χ4v) is 5.42. The number of rotatable bonds is 0. The Hall–Kier alpha value is -6.04. The van der Waals surface area contributed by atoms with Gasteiger partial charge in [0.05, 0.1) is 18.0 Å². The molecule has 12 nitrogen and oxygen atoms in total.